The Hall–Kier alpha value is -3.45. The highest BCUT2D eigenvalue weighted by Crippen LogP contribution is 2.40. The molecular formula is C25H20FN5S. The van der Waals surface area contributed by atoms with Gasteiger partial charge in [0.25, 0.3) is 0 Å². The van der Waals surface area contributed by atoms with Gasteiger partial charge in [-0.3, -0.25) is 0 Å². The highest BCUT2D eigenvalue weighted by Gasteiger charge is 2.31. The van der Waals surface area contributed by atoms with Crippen LogP contribution in [0, 0.1) is 5.82 Å². The fourth-order valence-electron chi connectivity index (χ4n) is 4.71. The minimum absolute atomic E-state index is 0.232. The number of rotatable bonds is 4. The summed E-state index contributed by atoms with van der Waals surface area (Å²) in [5, 5.41) is 1.65. The zero-order valence-corrected chi connectivity index (χ0v) is 18.1. The zero-order valence-electron chi connectivity index (χ0n) is 17.2. The number of benzene rings is 2. The molecule has 2 aromatic carbocycles. The van der Waals surface area contributed by atoms with E-state index >= 15 is 0 Å². The number of hydrogen-bond acceptors (Lipinski definition) is 4. The number of aryl methyl sites for hydroxylation is 1. The average molecular weight is 442 g/mol. The van der Waals surface area contributed by atoms with E-state index in [-0.39, 0.29) is 11.9 Å². The van der Waals surface area contributed by atoms with Crippen molar-refractivity contribution in [2.24, 2.45) is 0 Å². The predicted octanol–water partition coefficient (Wildman–Crippen LogP) is 5.58. The van der Waals surface area contributed by atoms with Gasteiger partial charge in [-0.05, 0) is 54.3 Å². The molecule has 0 N–H and O–H groups in total. The Labute approximate surface area is 190 Å². The maximum Gasteiger partial charge on any atom is 0.184 e. The first-order chi connectivity index (χ1) is 15.7. The van der Waals surface area contributed by atoms with E-state index in [4.69, 9.17) is 4.98 Å². The van der Waals surface area contributed by atoms with Crippen LogP contribution in [0.4, 0.5) is 4.39 Å². The number of para-hydroxylation sites is 1. The van der Waals surface area contributed by atoms with Crippen molar-refractivity contribution < 1.29 is 4.39 Å². The summed E-state index contributed by atoms with van der Waals surface area (Å²) in [6, 6.07) is 19.2. The molecule has 4 heterocycles. The van der Waals surface area contributed by atoms with Gasteiger partial charge in [0, 0.05) is 36.4 Å². The van der Waals surface area contributed by atoms with Crippen molar-refractivity contribution in [1.29, 1.82) is 0 Å². The average Bonchev–Trinajstić information content (AvgIpc) is 3.49. The molecule has 6 rings (SSSR count). The summed E-state index contributed by atoms with van der Waals surface area (Å²) < 4.78 is 18.2. The lowest BCUT2D eigenvalue weighted by Gasteiger charge is -2.19. The summed E-state index contributed by atoms with van der Waals surface area (Å²) >= 11 is 4.35. The van der Waals surface area contributed by atoms with Gasteiger partial charge in [0.1, 0.15) is 11.6 Å². The summed E-state index contributed by atoms with van der Waals surface area (Å²) in [5.41, 5.74) is 4.61. The van der Waals surface area contributed by atoms with Crippen molar-refractivity contribution in [2.75, 3.05) is 0 Å². The third kappa shape index (κ3) is 3.20. The number of aromatic nitrogens is 5. The second-order valence-electron chi connectivity index (χ2n) is 8.06. The van der Waals surface area contributed by atoms with E-state index in [0.717, 1.165) is 47.9 Å². The van der Waals surface area contributed by atoms with Crippen molar-refractivity contribution in [3.05, 3.63) is 84.7 Å². The molecule has 0 aliphatic carbocycles. The van der Waals surface area contributed by atoms with Crippen LogP contribution >= 0.6 is 12.6 Å². The first-order valence-corrected chi connectivity index (χ1v) is 11.1. The van der Waals surface area contributed by atoms with E-state index in [1.807, 2.05) is 6.07 Å². The van der Waals surface area contributed by atoms with Crippen LogP contribution in [0.3, 0.4) is 0 Å². The third-order valence-corrected chi connectivity index (χ3v) is 6.36. The number of fused-ring (bicyclic) bond motifs is 2. The number of nitrogens with zero attached hydrogens (tertiary/aromatic N) is 5. The largest absolute Gasteiger partial charge is 0.345 e. The second kappa shape index (κ2) is 7.60. The monoisotopic (exact) mass is 441 g/mol. The molecule has 0 saturated carbocycles. The first kappa shape index (κ1) is 19.3. The summed E-state index contributed by atoms with van der Waals surface area (Å²) in [5.74, 6) is 0.763. The van der Waals surface area contributed by atoms with Gasteiger partial charge in [-0.1, -0.05) is 18.2 Å². The van der Waals surface area contributed by atoms with Crippen molar-refractivity contribution in [2.45, 2.75) is 30.6 Å². The smallest absolute Gasteiger partial charge is 0.184 e. The van der Waals surface area contributed by atoms with Crippen LogP contribution in [-0.4, -0.2) is 24.1 Å². The first-order valence-electron chi connectivity index (χ1n) is 10.6. The lowest BCUT2D eigenvalue weighted by Crippen LogP contribution is -2.13. The minimum atomic E-state index is -0.265. The highest BCUT2D eigenvalue weighted by molar-refractivity contribution is 7.80. The van der Waals surface area contributed by atoms with E-state index < -0.39 is 0 Å². The Bertz CT molecular complexity index is 1440. The Morgan fingerprint density at radius 1 is 1.00 bits per heavy atom. The van der Waals surface area contributed by atoms with Gasteiger partial charge in [0.2, 0.25) is 0 Å². The van der Waals surface area contributed by atoms with Gasteiger partial charge in [-0.15, -0.1) is 12.6 Å². The second-order valence-corrected chi connectivity index (χ2v) is 8.46. The van der Waals surface area contributed by atoms with Crippen LogP contribution in [0.1, 0.15) is 18.3 Å². The minimum Gasteiger partial charge on any atom is -0.345 e. The third-order valence-electron chi connectivity index (χ3n) is 6.14. The lowest BCUT2D eigenvalue weighted by molar-refractivity contribution is 0.459. The Morgan fingerprint density at radius 2 is 1.84 bits per heavy atom. The van der Waals surface area contributed by atoms with Crippen LogP contribution < -0.4 is 0 Å². The number of thiol groups is 1. The predicted molar refractivity (Wildman–Crippen MR) is 125 cm³/mol. The highest BCUT2D eigenvalue weighted by atomic mass is 32.1. The van der Waals surface area contributed by atoms with Crippen LogP contribution in [0.5, 0.6) is 0 Å². The van der Waals surface area contributed by atoms with Crippen molar-refractivity contribution in [1.82, 2.24) is 24.1 Å². The molecular weight excluding hydrogens is 421 g/mol. The number of halogens is 1. The van der Waals surface area contributed by atoms with Crippen molar-refractivity contribution in [3.8, 4) is 22.6 Å². The molecule has 0 spiro atoms. The summed E-state index contributed by atoms with van der Waals surface area (Å²) in [6.45, 7) is 0.839. The maximum atomic E-state index is 13.6. The van der Waals surface area contributed by atoms with E-state index in [1.165, 1.54) is 23.0 Å². The zero-order chi connectivity index (χ0) is 21.7. The molecule has 1 aliphatic rings. The van der Waals surface area contributed by atoms with Gasteiger partial charge < -0.3 is 9.13 Å². The molecule has 1 aliphatic heterocycles. The SMILES string of the molecule is Fc1ccc(-c2nc3n(c2-c2ccnc(S)n2)C(Cn2ccc4ccccc42)CC3)cc1. The molecule has 3 aromatic heterocycles. The van der Waals surface area contributed by atoms with Crippen molar-refractivity contribution >= 4 is 23.5 Å². The van der Waals surface area contributed by atoms with Crippen LogP contribution in [0.2, 0.25) is 0 Å². The van der Waals surface area contributed by atoms with Gasteiger partial charge in [0.05, 0.1) is 23.1 Å². The number of imidazole rings is 1. The Kier molecular flexibility index (Phi) is 4.57. The summed E-state index contributed by atoms with van der Waals surface area (Å²) in [4.78, 5) is 13.7. The van der Waals surface area contributed by atoms with Crippen molar-refractivity contribution in [3.63, 3.8) is 0 Å². The van der Waals surface area contributed by atoms with Gasteiger partial charge >= 0.3 is 0 Å². The summed E-state index contributed by atoms with van der Waals surface area (Å²) in [7, 11) is 0. The van der Waals surface area contributed by atoms with Gasteiger partial charge in [-0.2, -0.15) is 0 Å². The fraction of sp³-hybridized carbons (Fsp3) is 0.160. The summed E-state index contributed by atoms with van der Waals surface area (Å²) in [6.07, 6.45) is 5.75. The van der Waals surface area contributed by atoms with E-state index in [1.54, 1.807) is 18.3 Å². The fourth-order valence-corrected chi connectivity index (χ4v) is 4.88. The molecule has 1 atom stereocenters. The molecule has 5 nitrogen and oxygen atoms in total. The van der Waals surface area contributed by atoms with Crippen LogP contribution in [0.25, 0.3) is 33.5 Å². The molecule has 0 saturated heterocycles. The van der Waals surface area contributed by atoms with Gasteiger partial charge in [0.15, 0.2) is 5.16 Å². The quantitative estimate of drug-likeness (QED) is 0.293. The van der Waals surface area contributed by atoms with Gasteiger partial charge in [-0.25, -0.2) is 19.3 Å². The lowest BCUT2D eigenvalue weighted by atomic mass is 10.1. The van der Waals surface area contributed by atoms with Crippen LogP contribution in [0.15, 0.2) is 78.2 Å². The Morgan fingerprint density at radius 3 is 2.69 bits per heavy atom. The molecule has 7 heteroatoms. The molecule has 0 bridgehead atoms. The van der Waals surface area contributed by atoms with E-state index in [0.29, 0.717) is 5.16 Å². The molecule has 5 aromatic rings. The Balaban J connectivity index is 1.50. The molecule has 158 valence electrons. The van der Waals surface area contributed by atoms with E-state index in [2.05, 4.69) is 68.3 Å². The molecule has 1 unspecified atom stereocenters. The molecule has 32 heavy (non-hydrogen) atoms. The standard InChI is InChI=1S/C25H20FN5S/c26-18-7-5-17(6-8-18)23-24(20-11-13-27-25(32)28-20)31-19(9-10-22(31)29-23)15-30-14-12-16-3-1-2-4-21(16)30/h1-8,11-14,19H,9-10,15H2,(H,27,28,32). The molecule has 0 radical (unpaired) electrons. The maximum absolute atomic E-state index is 13.6. The van der Waals surface area contributed by atoms with Crippen LogP contribution in [-0.2, 0) is 13.0 Å². The van der Waals surface area contributed by atoms with E-state index in [9.17, 15) is 4.39 Å². The molecule has 0 fully saturated rings. The number of hydrogen-bond donors (Lipinski definition) is 1. The molecule has 0 amide bonds. The normalized spacial score (nSPS) is 15.4. The topological polar surface area (TPSA) is 48.5 Å².